The second kappa shape index (κ2) is 14.8. The zero-order valence-electron chi connectivity index (χ0n) is 25.3. The maximum atomic E-state index is 14.1. The van der Waals surface area contributed by atoms with E-state index in [0.29, 0.717) is 13.0 Å². The van der Waals surface area contributed by atoms with Gasteiger partial charge in [0.05, 0.1) is 13.1 Å². The zero-order valence-corrected chi connectivity index (χ0v) is 25.3. The van der Waals surface area contributed by atoms with E-state index in [2.05, 4.69) is 18.8 Å². The van der Waals surface area contributed by atoms with Crippen LogP contribution in [0.15, 0.2) is 91.1 Å². The van der Waals surface area contributed by atoms with Crippen LogP contribution in [0.25, 0.3) is 0 Å². The van der Waals surface area contributed by atoms with Gasteiger partial charge in [0.1, 0.15) is 18.0 Å². The summed E-state index contributed by atoms with van der Waals surface area (Å²) >= 11 is 0. The van der Waals surface area contributed by atoms with Crippen LogP contribution in [0, 0.1) is 5.82 Å². The van der Waals surface area contributed by atoms with Crippen LogP contribution in [-0.4, -0.2) is 76.6 Å². The van der Waals surface area contributed by atoms with E-state index in [1.807, 2.05) is 61.6 Å². The van der Waals surface area contributed by atoms with Gasteiger partial charge in [-0.3, -0.25) is 9.59 Å². The van der Waals surface area contributed by atoms with Crippen LogP contribution in [0.1, 0.15) is 50.2 Å². The number of likely N-dealkylation sites (N-methyl/N-ethyl adjacent to an activating group) is 1. The molecule has 4 rings (SSSR count). The van der Waals surface area contributed by atoms with Crippen LogP contribution in [-0.2, 0) is 16.1 Å². The van der Waals surface area contributed by atoms with Crippen molar-refractivity contribution in [3.8, 4) is 0 Å². The molecule has 0 saturated carbocycles. The Hall–Kier alpha value is -4.24. The standard InChI is InChI=1S/C34H42FN5O3/c1-5-7-10-13-25(3)29(27-14-11-9-12-15-27)22-38-23-31-39(30(33(38)42)16-8-6-2)32(41)24-37(4)40(31)34(43)36-21-26-17-19-28(35)20-18-26/h5,7,9-15,17-20,29-31H,3,6,8,16,21-24H2,1-2,4H3,(H,36,43)/b7-5-,13-10-/t29?,30-,31-/m0/s1. The fourth-order valence-corrected chi connectivity index (χ4v) is 5.75. The fraction of sp³-hybridized carbons (Fsp3) is 0.382. The predicted molar refractivity (Wildman–Crippen MR) is 166 cm³/mol. The van der Waals surface area contributed by atoms with Crippen LogP contribution < -0.4 is 5.32 Å². The van der Waals surface area contributed by atoms with Gasteiger partial charge in [0.25, 0.3) is 0 Å². The molecule has 2 aliphatic heterocycles. The minimum absolute atomic E-state index is 0.0183. The predicted octanol–water partition coefficient (Wildman–Crippen LogP) is 5.23. The summed E-state index contributed by atoms with van der Waals surface area (Å²) in [4.78, 5) is 44.6. The molecule has 2 aliphatic rings. The lowest BCUT2D eigenvalue weighted by molar-refractivity contribution is -0.187. The van der Waals surface area contributed by atoms with E-state index in [0.717, 1.165) is 29.5 Å². The molecule has 4 amide bonds. The maximum Gasteiger partial charge on any atom is 0.334 e. The van der Waals surface area contributed by atoms with E-state index in [4.69, 9.17) is 0 Å². The number of hydrazine groups is 1. The van der Waals surface area contributed by atoms with Gasteiger partial charge in [-0.2, -0.15) is 0 Å². The number of hydrogen-bond acceptors (Lipinski definition) is 4. The number of piperazine rings is 1. The smallest absolute Gasteiger partial charge is 0.334 e. The summed E-state index contributed by atoms with van der Waals surface area (Å²) in [5.41, 5.74) is 2.64. The number of carbonyl (C=O) groups is 3. The number of benzene rings is 2. The Morgan fingerprint density at radius 3 is 2.51 bits per heavy atom. The van der Waals surface area contributed by atoms with Gasteiger partial charge in [-0.05, 0) is 42.2 Å². The Kier molecular flexibility index (Phi) is 10.9. The van der Waals surface area contributed by atoms with Crippen molar-refractivity contribution in [2.75, 3.05) is 26.7 Å². The topological polar surface area (TPSA) is 76.2 Å². The number of rotatable bonds is 11. The second-order valence-corrected chi connectivity index (χ2v) is 11.1. The van der Waals surface area contributed by atoms with Gasteiger partial charge in [0.2, 0.25) is 11.8 Å². The Balaban J connectivity index is 1.64. The van der Waals surface area contributed by atoms with Crippen molar-refractivity contribution in [3.63, 3.8) is 0 Å². The maximum absolute atomic E-state index is 14.1. The van der Waals surface area contributed by atoms with Crippen LogP contribution in [0.4, 0.5) is 9.18 Å². The first-order valence-electron chi connectivity index (χ1n) is 14.9. The minimum Gasteiger partial charge on any atom is -0.336 e. The average molecular weight is 588 g/mol. The van der Waals surface area contributed by atoms with Gasteiger partial charge in [0.15, 0.2) is 0 Å². The lowest BCUT2D eigenvalue weighted by atomic mass is 9.90. The lowest BCUT2D eigenvalue weighted by Gasteiger charge is -2.54. The van der Waals surface area contributed by atoms with Crippen molar-refractivity contribution in [2.45, 2.75) is 57.8 Å². The molecule has 43 heavy (non-hydrogen) atoms. The summed E-state index contributed by atoms with van der Waals surface area (Å²) in [5, 5.41) is 6.07. The molecule has 228 valence electrons. The molecule has 2 heterocycles. The van der Waals surface area contributed by atoms with Gasteiger partial charge >= 0.3 is 6.03 Å². The Morgan fingerprint density at radius 1 is 1.12 bits per heavy atom. The summed E-state index contributed by atoms with van der Waals surface area (Å²) in [6, 6.07) is 14.8. The Bertz CT molecular complexity index is 1340. The number of amides is 4. The second-order valence-electron chi connectivity index (χ2n) is 11.1. The molecular weight excluding hydrogens is 545 g/mol. The van der Waals surface area contributed by atoms with Crippen molar-refractivity contribution in [1.29, 1.82) is 0 Å². The number of hydrogen-bond donors (Lipinski definition) is 1. The average Bonchev–Trinajstić information content (AvgIpc) is 3.00. The van der Waals surface area contributed by atoms with E-state index in [1.54, 1.807) is 39.0 Å². The van der Waals surface area contributed by atoms with Gasteiger partial charge in [-0.25, -0.2) is 19.2 Å². The van der Waals surface area contributed by atoms with Gasteiger partial charge in [-0.1, -0.05) is 93.1 Å². The molecule has 2 aromatic carbocycles. The third kappa shape index (κ3) is 7.59. The molecule has 8 nitrogen and oxygen atoms in total. The summed E-state index contributed by atoms with van der Waals surface area (Å²) < 4.78 is 13.4. The SMILES string of the molecule is C=C(/C=C\C=C/C)C(CN1C[C@H]2N(C(=O)CN(C)N2C(=O)NCc2ccc(F)cc2)[C@@H](CCCC)C1=O)c1ccccc1. The first-order chi connectivity index (χ1) is 20.7. The summed E-state index contributed by atoms with van der Waals surface area (Å²) in [5.74, 6) is -0.815. The summed E-state index contributed by atoms with van der Waals surface area (Å²) in [6.07, 6.45) is 9.25. The highest BCUT2D eigenvalue weighted by Crippen LogP contribution is 2.32. The quantitative estimate of drug-likeness (QED) is 0.366. The monoisotopic (exact) mass is 587 g/mol. The molecule has 1 N–H and O–H groups in total. The normalized spacial score (nSPS) is 20.1. The lowest BCUT2D eigenvalue weighted by Crippen LogP contribution is -2.76. The van der Waals surface area contributed by atoms with Crippen LogP contribution in [0.5, 0.6) is 0 Å². The highest BCUT2D eigenvalue weighted by Gasteiger charge is 2.50. The first kappa shape index (κ1) is 31.7. The molecule has 2 aromatic rings. The number of allylic oxidation sites excluding steroid dienone is 4. The molecule has 3 atom stereocenters. The van der Waals surface area contributed by atoms with Gasteiger partial charge in [-0.15, -0.1) is 0 Å². The molecule has 1 unspecified atom stereocenters. The van der Waals surface area contributed by atoms with Gasteiger partial charge < -0.3 is 15.1 Å². The van der Waals surface area contributed by atoms with Crippen LogP contribution in [0.3, 0.4) is 0 Å². The van der Waals surface area contributed by atoms with E-state index in [-0.39, 0.29) is 43.2 Å². The number of nitrogens with zero attached hydrogens (tertiary/aromatic N) is 4. The largest absolute Gasteiger partial charge is 0.336 e. The molecule has 2 fully saturated rings. The van der Waals surface area contributed by atoms with Crippen molar-refractivity contribution in [2.24, 2.45) is 0 Å². The molecule has 9 heteroatoms. The number of fused-ring (bicyclic) bond motifs is 1. The number of unbranched alkanes of at least 4 members (excludes halogenated alkanes) is 1. The third-order valence-electron chi connectivity index (χ3n) is 8.00. The molecule has 0 aliphatic carbocycles. The van der Waals surface area contributed by atoms with Crippen molar-refractivity contribution >= 4 is 17.8 Å². The molecule has 2 saturated heterocycles. The molecular formula is C34H42FN5O3. The van der Waals surface area contributed by atoms with E-state index < -0.39 is 18.2 Å². The van der Waals surface area contributed by atoms with Gasteiger partial charge in [0, 0.05) is 26.1 Å². The van der Waals surface area contributed by atoms with Crippen molar-refractivity contribution in [1.82, 2.24) is 25.1 Å². The Labute approximate surface area is 254 Å². The number of carbonyl (C=O) groups excluding carboxylic acids is 3. The van der Waals surface area contributed by atoms with E-state index >= 15 is 0 Å². The molecule has 0 aromatic heterocycles. The fourth-order valence-electron chi connectivity index (χ4n) is 5.75. The highest BCUT2D eigenvalue weighted by molar-refractivity contribution is 5.91. The van der Waals surface area contributed by atoms with E-state index in [9.17, 15) is 18.8 Å². The van der Waals surface area contributed by atoms with Crippen LogP contribution >= 0.6 is 0 Å². The van der Waals surface area contributed by atoms with Crippen molar-refractivity contribution < 1.29 is 18.8 Å². The van der Waals surface area contributed by atoms with Crippen LogP contribution in [0.2, 0.25) is 0 Å². The molecule has 0 radical (unpaired) electrons. The zero-order chi connectivity index (χ0) is 30.9. The Morgan fingerprint density at radius 2 is 1.84 bits per heavy atom. The molecule has 0 bridgehead atoms. The number of urea groups is 1. The third-order valence-corrected chi connectivity index (χ3v) is 8.00. The molecule has 0 spiro atoms. The first-order valence-corrected chi connectivity index (χ1v) is 14.9. The number of nitrogens with one attached hydrogen (secondary N) is 1. The summed E-state index contributed by atoms with van der Waals surface area (Å²) in [6.45, 7) is 9.04. The minimum atomic E-state index is -0.678. The number of halogens is 1. The van der Waals surface area contributed by atoms with Crippen molar-refractivity contribution in [3.05, 3.63) is 108 Å². The summed E-state index contributed by atoms with van der Waals surface area (Å²) in [7, 11) is 1.70. The van der Waals surface area contributed by atoms with E-state index in [1.165, 1.54) is 12.1 Å². The highest BCUT2D eigenvalue weighted by atomic mass is 19.1.